The lowest BCUT2D eigenvalue weighted by atomic mass is 10.0. The van der Waals surface area contributed by atoms with Crippen molar-refractivity contribution in [2.75, 3.05) is 32.8 Å². The summed E-state index contributed by atoms with van der Waals surface area (Å²) in [6, 6.07) is 5.74. The Morgan fingerprint density at radius 3 is 2.83 bits per heavy atom. The molecule has 2 rings (SSSR count). The van der Waals surface area contributed by atoms with E-state index in [4.69, 9.17) is 33.7 Å². The highest BCUT2D eigenvalue weighted by Crippen LogP contribution is 2.29. The van der Waals surface area contributed by atoms with Crippen LogP contribution in [0, 0.1) is 0 Å². The Labute approximate surface area is 118 Å². The van der Waals surface area contributed by atoms with Crippen molar-refractivity contribution >= 4 is 23.2 Å². The van der Waals surface area contributed by atoms with Gasteiger partial charge in [-0.25, -0.2) is 0 Å². The van der Waals surface area contributed by atoms with Crippen LogP contribution < -0.4 is 5.73 Å². The van der Waals surface area contributed by atoms with Crippen molar-refractivity contribution in [2.24, 2.45) is 5.73 Å². The first kappa shape index (κ1) is 14.1. The van der Waals surface area contributed by atoms with Gasteiger partial charge >= 0.3 is 0 Å². The second-order valence-corrected chi connectivity index (χ2v) is 5.26. The quantitative estimate of drug-likeness (QED) is 0.930. The number of hydrogen-bond donors (Lipinski definition) is 1. The molecule has 0 aliphatic carbocycles. The van der Waals surface area contributed by atoms with Crippen LogP contribution in [0.25, 0.3) is 0 Å². The third kappa shape index (κ3) is 3.37. The third-order valence-corrected chi connectivity index (χ3v) is 3.80. The molecule has 1 aromatic rings. The first-order chi connectivity index (χ1) is 8.72. The molecule has 1 fully saturated rings. The zero-order chi connectivity index (χ0) is 13.0. The fourth-order valence-corrected chi connectivity index (χ4v) is 2.86. The molecule has 5 heteroatoms. The van der Waals surface area contributed by atoms with Crippen molar-refractivity contribution in [1.82, 2.24) is 4.90 Å². The Kier molecular flexibility index (Phi) is 5.27. The van der Waals surface area contributed by atoms with Gasteiger partial charge in [0.15, 0.2) is 0 Å². The summed E-state index contributed by atoms with van der Waals surface area (Å²) in [6.07, 6.45) is 1.03. The van der Waals surface area contributed by atoms with Gasteiger partial charge in [-0.3, -0.25) is 4.90 Å². The smallest absolute Gasteiger partial charge is 0.0593 e. The lowest BCUT2D eigenvalue weighted by Crippen LogP contribution is -2.35. The standard InChI is InChI=1S/C13H18Cl2N2O/c14-10-2-3-11(12(15)8-10)13(9-16)17-4-1-6-18-7-5-17/h2-3,8,13H,1,4-7,9,16H2. The van der Waals surface area contributed by atoms with Gasteiger partial charge < -0.3 is 10.5 Å². The van der Waals surface area contributed by atoms with Crippen LogP contribution in [-0.4, -0.2) is 37.7 Å². The second-order valence-electron chi connectivity index (χ2n) is 4.42. The highest BCUT2D eigenvalue weighted by atomic mass is 35.5. The fourth-order valence-electron chi connectivity index (χ4n) is 2.32. The van der Waals surface area contributed by atoms with E-state index in [1.54, 1.807) is 6.07 Å². The van der Waals surface area contributed by atoms with Crippen molar-refractivity contribution in [3.05, 3.63) is 33.8 Å². The molecule has 3 nitrogen and oxygen atoms in total. The summed E-state index contributed by atoms with van der Waals surface area (Å²) in [5.74, 6) is 0. The van der Waals surface area contributed by atoms with Gasteiger partial charge in [-0.15, -0.1) is 0 Å². The molecule has 0 bridgehead atoms. The molecule has 1 heterocycles. The lowest BCUT2D eigenvalue weighted by Gasteiger charge is -2.30. The SMILES string of the molecule is NCC(c1ccc(Cl)cc1Cl)N1CCCOCC1. The van der Waals surface area contributed by atoms with Crippen LogP contribution in [0.15, 0.2) is 18.2 Å². The van der Waals surface area contributed by atoms with Gasteiger partial charge in [0, 0.05) is 42.3 Å². The minimum atomic E-state index is 0.136. The maximum Gasteiger partial charge on any atom is 0.0593 e. The van der Waals surface area contributed by atoms with E-state index in [0.717, 1.165) is 38.3 Å². The number of nitrogens with zero attached hydrogens (tertiary/aromatic N) is 1. The Hall–Kier alpha value is -0.320. The molecule has 0 radical (unpaired) electrons. The van der Waals surface area contributed by atoms with Crippen LogP contribution in [0.3, 0.4) is 0 Å². The van der Waals surface area contributed by atoms with E-state index in [-0.39, 0.29) is 6.04 Å². The molecule has 1 saturated heterocycles. The Bertz CT molecular complexity index is 393. The molecule has 1 aliphatic rings. The third-order valence-electron chi connectivity index (χ3n) is 3.24. The van der Waals surface area contributed by atoms with Crippen LogP contribution in [-0.2, 0) is 4.74 Å². The molecule has 18 heavy (non-hydrogen) atoms. The van der Waals surface area contributed by atoms with Crippen LogP contribution >= 0.6 is 23.2 Å². The topological polar surface area (TPSA) is 38.5 Å². The molecule has 0 amide bonds. The summed E-state index contributed by atoms with van der Waals surface area (Å²) in [5.41, 5.74) is 6.97. The molecule has 1 unspecified atom stereocenters. The zero-order valence-corrected chi connectivity index (χ0v) is 11.8. The van der Waals surface area contributed by atoms with Crippen molar-refractivity contribution in [2.45, 2.75) is 12.5 Å². The van der Waals surface area contributed by atoms with Gasteiger partial charge in [-0.1, -0.05) is 29.3 Å². The molecule has 1 aliphatic heterocycles. The number of benzene rings is 1. The number of rotatable bonds is 3. The summed E-state index contributed by atoms with van der Waals surface area (Å²) in [6.45, 7) is 3.99. The predicted molar refractivity (Wildman–Crippen MR) is 75.3 cm³/mol. The van der Waals surface area contributed by atoms with Crippen molar-refractivity contribution in [1.29, 1.82) is 0 Å². The van der Waals surface area contributed by atoms with E-state index in [1.165, 1.54) is 0 Å². The summed E-state index contributed by atoms with van der Waals surface area (Å²) in [7, 11) is 0. The Morgan fingerprint density at radius 1 is 1.28 bits per heavy atom. The predicted octanol–water partition coefficient (Wildman–Crippen LogP) is 2.72. The normalized spacial score (nSPS) is 19.5. The van der Waals surface area contributed by atoms with Crippen molar-refractivity contribution < 1.29 is 4.74 Å². The number of halogens is 2. The Morgan fingerprint density at radius 2 is 2.11 bits per heavy atom. The van der Waals surface area contributed by atoms with Gasteiger partial charge in [-0.05, 0) is 24.1 Å². The fraction of sp³-hybridized carbons (Fsp3) is 0.538. The van der Waals surface area contributed by atoms with Crippen LogP contribution in [0.1, 0.15) is 18.0 Å². The second kappa shape index (κ2) is 6.73. The monoisotopic (exact) mass is 288 g/mol. The molecule has 0 spiro atoms. The summed E-state index contributed by atoms with van der Waals surface area (Å²) in [4.78, 5) is 2.34. The maximum absolute atomic E-state index is 6.27. The van der Waals surface area contributed by atoms with Gasteiger partial charge in [0.05, 0.1) is 6.61 Å². The largest absolute Gasteiger partial charge is 0.380 e. The van der Waals surface area contributed by atoms with E-state index < -0.39 is 0 Å². The summed E-state index contributed by atoms with van der Waals surface area (Å²) < 4.78 is 5.47. The van der Waals surface area contributed by atoms with Crippen molar-refractivity contribution in [3.63, 3.8) is 0 Å². The highest BCUT2D eigenvalue weighted by Gasteiger charge is 2.22. The number of ether oxygens (including phenoxy) is 1. The minimum absolute atomic E-state index is 0.136. The van der Waals surface area contributed by atoms with E-state index in [0.29, 0.717) is 16.6 Å². The van der Waals surface area contributed by atoms with E-state index in [1.807, 2.05) is 12.1 Å². The van der Waals surface area contributed by atoms with Gasteiger partial charge in [0.1, 0.15) is 0 Å². The molecular formula is C13H18Cl2N2O. The number of nitrogens with two attached hydrogens (primary N) is 1. The van der Waals surface area contributed by atoms with Crippen molar-refractivity contribution in [3.8, 4) is 0 Å². The number of hydrogen-bond acceptors (Lipinski definition) is 3. The van der Waals surface area contributed by atoms with Gasteiger partial charge in [-0.2, -0.15) is 0 Å². The zero-order valence-electron chi connectivity index (χ0n) is 10.2. The van der Waals surface area contributed by atoms with E-state index in [2.05, 4.69) is 4.90 Å². The average molecular weight is 289 g/mol. The van der Waals surface area contributed by atoms with E-state index >= 15 is 0 Å². The molecule has 1 atom stereocenters. The van der Waals surface area contributed by atoms with Crippen LogP contribution in [0.2, 0.25) is 10.0 Å². The highest BCUT2D eigenvalue weighted by molar-refractivity contribution is 6.35. The van der Waals surface area contributed by atoms with E-state index in [9.17, 15) is 0 Å². The molecular weight excluding hydrogens is 271 g/mol. The molecule has 1 aromatic carbocycles. The molecule has 0 aromatic heterocycles. The molecule has 0 saturated carbocycles. The summed E-state index contributed by atoms with van der Waals surface area (Å²) >= 11 is 12.2. The first-order valence-corrected chi connectivity index (χ1v) is 6.95. The maximum atomic E-state index is 6.27. The van der Waals surface area contributed by atoms with Gasteiger partial charge in [0.25, 0.3) is 0 Å². The average Bonchev–Trinajstić information content (AvgIpc) is 2.62. The van der Waals surface area contributed by atoms with Crippen LogP contribution in [0.4, 0.5) is 0 Å². The van der Waals surface area contributed by atoms with Crippen LogP contribution in [0.5, 0.6) is 0 Å². The molecule has 2 N–H and O–H groups in total. The molecule has 100 valence electrons. The minimum Gasteiger partial charge on any atom is -0.380 e. The first-order valence-electron chi connectivity index (χ1n) is 6.19. The Balaban J connectivity index is 2.20. The summed E-state index contributed by atoms with van der Waals surface area (Å²) in [5, 5.41) is 1.34. The van der Waals surface area contributed by atoms with Gasteiger partial charge in [0.2, 0.25) is 0 Å². The lowest BCUT2D eigenvalue weighted by molar-refractivity contribution is 0.132.